The Bertz CT molecular complexity index is 569. The molecule has 0 aliphatic rings. The lowest BCUT2D eigenvalue weighted by Gasteiger charge is -2.23. The summed E-state index contributed by atoms with van der Waals surface area (Å²) in [5.41, 5.74) is 0. The number of likely N-dealkylation sites (N-methyl/N-ethyl adjacent to an activating group) is 1. The molecule has 0 amide bonds. The molecular weight excluding hydrogens is 312 g/mol. The summed E-state index contributed by atoms with van der Waals surface area (Å²) in [6, 6.07) is 0.982. The summed E-state index contributed by atoms with van der Waals surface area (Å²) in [5.74, 6) is -0.761. The van der Waals surface area contributed by atoms with E-state index in [0.717, 1.165) is 11.3 Å². The van der Waals surface area contributed by atoms with Gasteiger partial charge in [-0.3, -0.25) is 0 Å². The van der Waals surface area contributed by atoms with Crippen LogP contribution in [-0.2, 0) is 10.0 Å². The van der Waals surface area contributed by atoms with Crippen molar-refractivity contribution in [3.05, 3.63) is 16.3 Å². The highest BCUT2D eigenvalue weighted by Crippen LogP contribution is 2.20. The van der Waals surface area contributed by atoms with E-state index in [2.05, 4.69) is 4.72 Å². The molecule has 0 fully saturated rings. The van der Waals surface area contributed by atoms with Gasteiger partial charge < -0.3 is 10.0 Å². The molecule has 8 heteroatoms. The van der Waals surface area contributed by atoms with E-state index in [9.17, 15) is 13.2 Å². The molecule has 1 rings (SSSR count). The summed E-state index contributed by atoms with van der Waals surface area (Å²) in [5, 5.41) is 10.2. The number of carboxylic acid groups (broad SMARTS) is 1. The smallest absolute Gasteiger partial charge is 0.345 e. The van der Waals surface area contributed by atoms with Crippen molar-refractivity contribution in [1.82, 2.24) is 9.62 Å². The lowest BCUT2D eigenvalue weighted by molar-refractivity contribution is 0.0702. The molecule has 0 aliphatic heterocycles. The van der Waals surface area contributed by atoms with E-state index in [1.165, 1.54) is 11.4 Å². The summed E-state index contributed by atoms with van der Waals surface area (Å²) in [6.45, 7) is 4.65. The number of carbonyl (C=O) groups is 1. The molecule has 0 bridgehead atoms. The largest absolute Gasteiger partial charge is 0.477 e. The molecule has 120 valence electrons. The topological polar surface area (TPSA) is 86.7 Å². The molecule has 21 heavy (non-hydrogen) atoms. The maximum Gasteiger partial charge on any atom is 0.345 e. The fourth-order valence-corrected chi connectivity index (χ4v) is 4.38. The molecule has 0 aliphatic carbocycles. The lowest BCUT2D eigenvalue weighted by atomic mass is 10.0. The molecule has 0 aromatic carbocycles. The van der Waals surface area contributed by atoms with Gasteiger partial charge in [-0.2, -0.15) is 0 Å². The maximum absolute atomic E-state index is 12.3. The molecule has 1 unspecified atom stereocenters. The van der Waals surface area contributed by atoms with Crippen molar-refractivity contribution in [2.75, 3.05) is 20.6 Å². The third-order valence-electron chi connectivity index (χ3n) is 2.76. The van der Waals surface area contributed by atoms with Gasteiger partial charge in [-0.05, 0) is 32.5 Å². The Morgan fingerprint density at radius 2 is 2.05 bits per heavy atom. The van der Waals surface area contributed by atoms with E-state index < -0.39 is 16.0 Å². The van der Waals surface area contributed by atoms with E-state index in [4.69, 9.17) is 5.11 Å². The van der Waals surface area contributed by atoms with Crippen LogP contribution >= 0.6 is 11.3 Å². The van der Waals surface area contributed by atoms with Gasteiger partial charge in [0.15, 0.2) is 0 Å². The average molecular weight is 334 g/mol. The van der Waals surface area contributed by atoms with Gasteiger partial charge in [0.2, 0.25) is 10.0 Å². The second-order valence-corrected chi connectivity index (χ2v) is 8.29. The fraction of sp³-hybridized carbons (Fsp3) is 0.615. The Kier molecular flexibility index (Phi) is 6.33. The number of sulfonamides is 1. The number of nitrogens with one attached hydrogen (secondary N) is 1. The molecule has 0 radical (unpaired) electrons. The van der Waals surface area contributed by atoms with Crippen LogP contribution in [-0.4, -0.2) is 51.1 Å². The lowest BCUT2D eigenvalue weighted by Crippen LogP contribution is -2.42. The summed E-state index contributed by atoms with van der Waals surface area (Å²) in [7, 11) is 0.0744. The molecule has 1 heterocycles. The van der Waals surface area contributed by atoms with E-state index >= 15 is 0 Å². The summed E-state index contributed by atoms with van der Waals surface area (Å²) in [4.78, 5) is 12.8. The molecule has 2 N–H and O–H groups in total. The first-order valence-corrected chi connectivity index (χ1v) is 8.97. The van der Waals surface area contributed by atoms with Gasteiger partial charge in [-0.15, -0.1) is 11.3 Å². The van der Waals surface area contributed by atoms with Gasteiger partial charge in [0.25, 0.3) is 0 Å². The van der Waals surface area contributed by atoms with Crippen LogP contribution in [0.3, 0.4) is 0 Å². The highest BCUT2D eigenvalue weighted by molar-refractivity contribution is 7.89. The number of hydrogen-bond donors (Lipinski definition) is 2. The van der Waals surface area contributed by atoms with Crippen LogP contribution < -0.4 is 4.72 Å². The number of hydrogen-bond acceptors (Lipinski definition) is 5. The quantitative estimate of drug-likeness (QED) is 0.755. The standard InChI is InChI=1S/C13H22N2O4S2/c1-9(2)5-10(7-15(3)4)14-21(18,19)11-6-12(13(16)17)20-8-11/h6,8-10,14H,5,7H2,1-4H3,(H,16,17). The van der Waals surface area contributed by atoms with Gasteiger partial charge in [-0.25, -0.2) is 17.9 Å². The number of thiophene rings is 1. The number of carboxylic acids is 1. The third-order valence-corrected chi connectivity index (χ3v) is 5.33. The summed E-state index contributed by atoms with van der Waals surface area (Å²) < 4.78 is 27.3. The third kappa shape index (κ3) is 5.74. The molecule has 0 saturated carbocycles. The van der Waals surface area contributed by atoms with E-state index in [-0.39, 0.29) is 15.8 Å². The van der Waals surface area contributed by atoms with Crippen LogP contribution in [0.25, 0.3) is 0 Å². The SMILES string of the molecule is CC(C)CC(CN(C)C)NS(=O)(=O)c1csc(C(=O)O)c1. The maximum atomic E-state index is 12.3. The fourth-order valence-electron chi connectivity index (χ4n) is 2.03. The van der Waals surface area contributed by atoms with Crippen LogP contribution in [0.15, 0.2) is 16.3 Å². The predicted octanol–water partition coefficient (Wildman–Crippen LogP) is 1.70. The highest BCUT2D eigenvalue weighted by Gasteiger charge is 2.23. The molecule has 0 spiro atoms. The predicted molar refractivity (Wildman–Crippen MR) is 83.4 cm³/mol. The Balaban J connectivity index is 2.90. The van der Waals surface area contributed by atoms with Gasteiger partial charge in [-0.1, -0.05) is 13.8 Å². The zero-order valence-electron chi connectivity index (χ0n) is 12.7. The van der Waals surface area contributed by atoms with Crippen molar-refractivity contribution >= 4 is 27.3 Å². The average Bonchev–Trinajstić information content (AvgIpc) is 2.75. The first kappa shape index (κ1) is 18.1. The number of aromatic carboxylic acids is 1. The number of rotatable bonds is 8. The second kappa shape index (κ2) is 7.35. The normalized spacial score (nSPS) is 13.8. The highest BCUT2D eigenvalue weighted by atomic mass is 32.2. The van der Waals surface area contributed by atoms with Gasteiger partial charge in [0.1, 0.15) is 4.88 Å². The van der Waals surface area contributed by atoms with Crippen LogP contribution in [0.4, 0.5) is 0 Å². The van der Waals surface area contributed by atoms with Crippen molar-refractivity contribution in [1.29, 1.82) is 0 Å². The van der Waals surface area contributed by atoms with Gasteiger partial charge in [0, 0.05) is 18.0 Å². The van der Waals surface area contributed by atoms with E-state index in [1.54, 1.807) is 0 Å². The Labute approximate surface area is 129 Å². The second-order valence-electron chi connectivity index (χ2n) is 5.66. The Morgan fingerprint density at radius 1 is 1.43 bits per heavy atom. The molecule has 1 atom stereocenters. The van der Waals surface area contributed by atoms with E-state index in [0.29, 0.717) is 18.9 Å². The minimum atomic E-state index is -3.69. The van der Waals surface area contributed by atoms with Crippen molar-refractivity contribution in [2.45, 2.75) is 31.2 Å². The van der Waals surface area contributed by atoms with Crippen LogP contribution in [0, 0.1) is 5.92 Å². The zero-order chi connectivity index (χ0) is 16.2. The first-order valence-electron chi connectivity index (χ1n) is 6.60. The minimum Gasteiger partial charge on any atom is -0.477 e. The zero-order valence-corrected chi connectivity index (χ0v) is 14.3. The van der Waals surface area contributed by atoms with Crippen molar-refractivity contribution in [3.8, 4) is 0 Å². The van der Waals surface area contributed by atoms with E-state index in [1.807, 2.05) is 32.8 Å². The minimum absolute atomic E-state index is 0.0115. The van der Waals surface area contributed by atoms with Crippen LogP contribution in [0.5, 0.6) is 0 Å². The number of nitrogens with zero attached hydrogens (tertiary/aromatic N) is 1. The molecule has 0 saturated heterocycles. The van der Waals surface area contributed by atoms with Gasteiger partial charge >= 0.3 is 5.97 Å². The van der Waals surface area contributed by atoms with Crippen molar-refractivity contribution in [3.63, 3.8) is 0 Å². The Morgan fingerprint density at radius 3 is 2.48 bits per heavy atom. The molecule has 6 nitrogen and oxygen atoms in total. The van der Waals surface area contributed by atoms with Gasteiger partial charge in [0.05, 0.1) is 4.90 Å². The monoisotopic (exact) mass is 334 g/mol. The molecule has 1 aromatic rings. The first-order chi connectivity index (χ1) is 9.61. The summed E-state index contributed by atoms with van der Waals surface area (Å²) in [6.07, 6.45) is 0.716. The van der Waals surface area contributed by atoms with Crippen molar-refractivity contribution < 1.29 is 18.3 Å². The molecular formula is C13H22N2O4S2. The van der Waals surface area contributed by atoms with Crippen molar-refractivity contribution in [2.24, 2.45) is 5.92 Å². The Hall–Kier alpha value is -0.960. The van der Waals surface area contributed by atoms with Crippen LogP contribution in [0.1, 0.15) is 29.9 Å². The molecule has 1 aromatic heterocycles. The van der Waals surface area contributed by atoms with Crippen LogP contribution in [0.2, 0.25) is 0 Å². The summed E-state index contributed by atoms with van der Waals surface area (Å²) >= 11 is 0.910.